The van der Waals surface area contributed by atoms with E-state index < -0.39 is 0 Å². The lowest BCUT2D eigenvalue weighted by Gasteiger charge is -2.32. The molecule has 0 bridgehead atoms. The smallest absolute Gasteiger partial charge is 0.0254 e. The maximum absolute atomic E-state index is 6.34. The van der Waals surface area contributed by atoms with E-state index in [9.17, 15) is 0 Å². The molecule has 0 aliphatic carbocycles. The zero-order valence-corrected chi connectivity index (χ0v) is 13.3. The predicted molar refractivity (Wildman–Crippen MR) is 82.0 cm³/mol. The molecule has 0 amide bonds. The molecule has 0 radical (unpaired) electrons. The molecule has 0 rings (SSSR count). The third kappa shape index (κ3) is 8.06. The van der Waals surface area contributed by atoms with Gasteiger partial charge in [0.15, 0.2) is 0 Å². The summed E-state index contributed by atoms with van der Waals surface area (Å²) < 4.78 is 0. The van der Waals surface area contributed by atoms with Gasteiger partial charge in [0.05, 0.1) is 0 Å². The standard InChI is InChI=1S/C15H35N3/c1-6-11-15(5,16)14-18(9-4)13-10-12-17(7-2)8-3/h6-14,16H2,1-5H3. The average molecular weight is 257 g/mol. The van der Waals surface area contributed by atoms with Crippen molar-refractivity contribution >= 4 is 0 Å². The van der Waals surface area contributed by atoms with Crippen molar-refractivity contribution in [1.29, 1.82) is 0 Å². The molecule has 0 fully saturated rings. The largest absolute Gasteiger partial charge is 0.324 e. The van der Waals surface area contributed by atoms with Crippen LogP contribution in [0.25, 0.3) is 0 Å². The Morgan fingerprint density at radius 1 is 0.889 bits per heavy atom. The minimum Gasteiger partial charge on any atom is -0.324 e. The Hall–Kier alpha value is -0.120. The van der Waals surface area contributed by atoms with Crippen LogP contribution in [0.4, 0.5) is 0 Å². The first-order valence-electron chi connectivity index (χ1n) is 7.72. The van der Waals surface area contributed by atoms with Crippen LogP contribution in [0.3, 0.4) is 0 Å². The second-order valence-electron chi connectivity index (χ2n) is 5.65. The summed E-state index contributed by atoms with van der Waals surface area (Å²) in [6, 6.07) is 0. The maximum atomic E-state index is 6.34. The molecule has 0 saturated heterocycles. The maximum Gasteiger partial charge on any atom is 0.0254 e. The van der Waals surface area contributed by atoms with Gasteiger partial charge < -0.3 is 15.5 Å². The molecule has 18 heavy (non-hydrogen) atoms. The van der Waals surface area contributed by atoms with E-state index in [1.54, 1.807) is 0 Å². The summed E-state index contributed by atoms with van der Waals surface area (Å²) in [5.41, 5.74) is 6.31. The number of hydrogen-bond acceptors (Lipinski definition) is 3. The highest BCUT2D eigenvalue weighted by Crippen LogP contribution is 2.11. The van der Waals surface area contributed by atoms with Crippen LogP contribution < -0.4 is 5.73 Å². The van der Waals surface area contributed by atoms with Gasteiger partial charge in [-0.15, -0.1) is 0 Å². The number of rotatable bonds is 11. The van der Waals surface area contributed by atoms with Crippen LogP contribution in [-0.4, -0.2) is 54.6 Å². The Bertz CT molecular complexity index is 188. The van der Waals surface area contributed by atoms with Gasteiger partial charge in [-0.3, -0.25) is 0 Å². The molecule has 0 aliphatic heterocycles. The Morgan fingerprint density at radius 2 is 1.39 bits per heavy atom. The summed E-state index contributed by atoms with van der Waals surface area (Å²) in [5.74, 6) is 0. The molecule has 110 valence electrons. The fraction of sp³-hybridized carbons (Fsp3) is 1.00. The first-order valence-corrected chi connectivity index (χ1v) is 7.72. The summed E-state index contributed by atoms with van der Waals surface area (Å²) in [4.78, 5) is 4.99. The van der Waals surface area contributed by atoms with E-state index in [0.29, 0.717) is 0 Å². The summed E-state index contributed by atoms with van der Waals surface area (Å²) in [6.07, 6.45) is 3.53. The van der Waals surface area contributed by atoms with Crippen LogP contribution in [0.1, 0.15) is 53.9 Å². The number of hydrogen-bond donors (Lipinski definition) is 1. The zero-order valence-electron chi connectivity index (χ0n) is 13.3. The molecule has 0 aromatic heterocycles. The third-order valence-electron chi connectivity index (χ3n) is 3.70. The summed E-state index contributed by atoms with van der Waals surface area (Å²) in [6.45, 7) is 17.9. The van der Waals surface area contributed by atoms with E-state index in [0.717, 1.165) is 32.6 Å². The van der Waals surface area contributed by atoms with Crippen LogP contribution in [0.5, 0.6) is 0 Å². The lowest BCUT2D eigenvalue weighted by molar-refractivity contribution is 0.201. The lowest BCUT2D eigenvalue weighted by atomic mass is 9.97. The quantitative estimate of drug-likeness (QED) is 0.617. The molecule has 1 atom stereocenters. The minimum absolute atomic E-state index is 0.0278. The van der Waals surface area contributed by atoms with Gasteiger partial charge in [0, 0.05) is 12.1 Å². The lowest BCUT2D eigenvalue weighted by Crippen LogP contribution is -2.48. The van der Waals surface area contributed by atoms with Crippen molar-refractivity contribution in [3.8, 4) is 0 Å². The molecule has 3 nitrogen and oxygen atoms in total. The van der Waals surface area contributed by atoms with Crippen molar-refractivity contribution in [2.75, 3.05) is 39.3 Å². The second-order valence-corrected chi connectivity index (χ2v) is 5.65. The molecule has 0 aliphatic rings. The highest BCUT2D eigenvalue weighted by atomic mass is 15.2. The zero-order chi connectivity index (χ0) is 14.0. The normalized spacial score (nSPS) is 15.3. The van der Waals surface area contributed by atoms with E-state index in [1.807, 2.05) is 0 Å². The van der Waals surface area contributed by atoms with E-state index in [1.165, 1.54) is 25.9 Å². The van der Waals surface area contributed by atoms with E-state index in [-0.39, 0.29) is 5.54 Å². The molecule has 0 spiro atoms. The fourth-order valence-electron chi connectivity index (χ4n) is 2.57. The van der Waals surface area contributed by atoms with Crippen LogP contribution in [0, 0.1) is 0 Å². The van der Waals surface area contributed by atoms with Crippen molar-refractivity contribution in [2.24, 2.45) is 5.73 Å². The van der Waals surface area contributed by atoms with Gasteiger partial charge in [-0.05, 0) is 52.5 Å². The Morgan fingerprint density at radius 3 is 1.83 bits per heavy atom. The van der Waals surface area contributed by atoms with E-state index >= 15 is 0 Å². The van der Waals surface area contributed by atoms with Gasteiger partial charge in [0.1, 0.15) is 0 Å². The van der Waals surface area contributed by atoms with Crippen molar-refractivity contribution in [1.82, 2.24) is 9.80 Å². The molecule has 0 saturated carbocycles. The molecule has 1 unspecified atom stereocenters. The predicted octanol–water partition coefficient (Wildman–Crippen LogP) is 2.56. The van der Waals surface area contributed by atoms with Crippen molar-refractivity contribution in [2.45, 2.75) is 59.4 Å². The van der Waals surface area contributed by atoms with Gasteiger partial charge in [-0.25, -0.2) is 0 Å². The topological polar surface area (TPSA) is 32.5 Å². The molecule has 0 aromatic carbocycles. The van der Waals surface area contributed by atoms with Crippen LogP contribution in [0.2, 0.25) is 0 Å². The van der Waals surface area contributed by atoms with Crippen molar-refractivity contribution < 1.29 is 0 Å². The van der Waals surface area contributed by atoms with Gasteiger partial charge in [-0.1, -0.05) is 34.1 Å². The second kappa shape index (κ2) is 9.76. The monoisotopic (exact) mass is 257 g/mol. The van der Waals surface area contributed by atoms with Gasteiger partial charge in [0.2, 0.25) is 0 Å². The Balaban J connectivity index is 3.96. The van der Waals surface area contributed by atoms with Gasteiger partial charge >= 0.3 is 0 Å². The molecule has 2 N–H and O–H groups in total. The molecular formula is C15H35N3. The first-order chi connectivity index (χ1) is 8.49. The summed E-state index contributed by atoms with van der Waals surface area (Å²) in [7, 11) is 0. The van der Waals surface area contributed by atoms with Gasteiger partial charge in [-0.2, -0.15) is 0 Å². The van der Waals surface area contributed by atoms with Crippen LogP contribution >= 0.6 is 0 Å². The van der Waals surface area contributed by atoms with E-state index in [2.05, 4.69) is 44.4 Å². The average Bonchev–Trinajstić information content (AvgIpc) is 2.33. The van der Waals surface area contributed by atoms with Crippen molar-refractivity contribution in [3.05, 3.63) is 0 Å². The number of nitrogens with two attached hydrogens (primary N) is 1. The van der Waals surface area contributed by atoms with Crippen LogP contribution in [0.15, 0.2) is 0 Å². The Kier molecular flexibility index (Phi) is 9.70. The SMILES string of the molecule is CCCC(C)(N)CN(CC)CCCN(CC)CC. The van der Waals surface area contributed by atoms with Crippen molar-refractivity contribution in [3.63, 3.8) is 0 Å². The molecular weight excluding hydrogens is 222 g/mol. The highest BCUT2D eigenvalue weighted by molar-refractivity contribution is 4.82. The van der Waals surface area contributed by atoms with Crippen LogP contribution in [-0.2, 0) is 0 Å². The molecule has 3 heteroatoms. The van der Waals surface area contributed by atoms with E-state index in [4.69, 9.17) is 5.73 Å². The number of nitrogens with zero attached hydrogens (tertiary/aromatic N) is 2. The minimum atomic E-state index is -0.0278. The highest BCUT2D eigenvalue weighted by Gasteiger charge is 2.20. The first kappa shape index (κ1) is 17.9. The third-order valence-corrected chi connectivity index (χ3v) is 3.70. The molecule has 0 heterocycles. The summed E-state index contributed by atoms with van der Waals surface area (Å²) in [5, 5.41) is 0. The number of likely N-dealkylation sites (N-methyl/N-ethyl adjacent to an activating group) is 1. The fourth-order valence-corrected chi connectivity index (χ4v) is 2.57. The summed E-state index contributed by atoms with van der Waals surface area (Å²) >= 11 is 0. The molecule has 0 aromatic rings. The van der Waals surface area contributed by atoms with Gasteiger partial charge in [0.25, 0.3) is 0 Å². The Labute approximate surface area is 115 Å².